The molecule has 0 atom stereocenters. The van der Waals surface area contributed by atoms with E-state index in [4.69, 9.17) is 0 Å². The van der Waals surface area contributed by atoms with E-state index in [1.807, 2.05) is 5.38 Å². The number of nitrogens with one attached hydrogen (secondary N) is 1. The van der Waals surface area contributed by atoms with Gasteiger partial charge < -0.3 is 5.32 Å². The minimum absolute atomic E-state index is 0.0785. The van der Waals surface area contributed by atoms with Crippen LogP contribution in [0.5, 0.6) is 0 Å². The van der Waals surface area contributed by atoms with Crippen LogP contribution in [-0.4, -0.2) is 28.2 Å². The lowest BCUT2D eigenvalue weighted by Crippen LogP contribution is -2.24. The van der Waals surface area contributed by atoms with Crippen LogP contribution in [0.4, 0.5) is 4.39 Å². The van der Waals surface area contributed by atoms with Crippen LogP contribution in [0, 0.1) is 5.82 Å². The highest BCUT2D eigenvalue weighted by Crippen LogP contribution is 2.37. The number of carbonyl (C=O) groups excluding carboxylic acids is 1. The summed E-state index contributed by atoms with van der Waals surface area (Å²) in [5.74, 6) is -0.0909. The quantitative estimate of drug-likeness (QED) is 0.412. The molecule has 1 aromatic carbocycles. The van der Waals surface area contributed by atoms with Crippen molar-refractivity contribution < 1.29 is 9.18 Å². The van der Waals surface area contributed by atoms with E-state index < -0.39 is 0 Å². The number of benzene rings is 1. The highest BCUT2D eigenvalue weighted by Gasteiger charge is 2.14. The summed E-state index contributed by atoms with van der Waals surface area (Å²) in [5, 5.41) is 6.36. The summed E-state index contributed by atoms with van der Waals surface area (Å²) in [7, 11) is 0. The number of rotatable bonds is 6. The number of hydrogen-bond donors (Lipinski definition) is 1. The predicted octanol–water partition coefficient (Wildman–Crippen LogP) is 3.89. The summed E-state index contributed by atoms with van der Waals surface area (Å²) in [6, 6.07) is 6.32. The van der Waals surface area contributed by atoms with E-state index in [9.17, 15) is 9.18 Å². The van der Waals surface area contributed by atoms with Gasteiger partial charge in [-0.2, -0.15) is 0 Å². The van der Waals surface area contributed by atoms with E-state index in [2.05, 4.69) is 21.9 Å². The summed E-state index contributed by atoms with van der Waals surface area (Å²) in [4.78, 5) is 21.2. The fraction of sp³-hybridized carbons (Fsp3) is 0.118. The van der Waals surface area contributed by atoms with Crippen molar-refractivity contribution >= 4 is 39.2 Å². The molecule has 2 heterocycles. The molecule has 0 aliphatic heterocycles. The number of nitrogens with zero attached hydrogens (tertiary/aromatic N) is 2. The standard InChI is InChI=1S/C17H14FN3OS2/c1-2-7-19-14(22)9-24-17-15-13(8-23-16(15)20-10-21-17)11-3-5-12(18)6-4-11/h2-6,8,10H,1,7,9H2,(H,19,22). The Morgan fingerprint density at radius 3 is 2.88 bits per heavy atom. The fourth-order valence-corrected chi connectivity index (χ4v) is 3.99. The Morgan fingerprint density at radius 1 is 1.33 bits per heavy atom. The minimum Gasteiger partial charge on any atom is -0.352 e. The number of aromatic nitrogens is 2. The molecule has 0 radical (unpaired) electrons. The molecule has 0 spiro atoms. The van der Waals surface area contributed by atoms with E-state index in [0.717, 1.165) is 26.4 Å². The molecule has 0 unspecified atom stereocenters. The lowest BCUT2D eigenvalue weighted by molar-refractivity contribution is -0.118. The maximum atomic E-state index is 13.2. The van der Waals surface area contributed by atoms with Crippen molar-refractivity contribution in [3.8, 4) is 11.1 Å². The number of carbonyl (C=O) groups is 1. The van der Waals surface area contributed by atoms with Crippen molar-refractivity contribution in [2.45, 2.75) is 5.03 Å². The van der Waals surface area contributed by atoms with E-state index >= 15 is 0 Å². The maximum Gasteiger partial charge on any atom is 0.230 e. The van der Waals surface area contributed by atoms with Gasteiger partial charge in [0, 0.05) is 17.5 Å². The normalized spacial score (nSPS) is 10.7. The molecule has 0 fully saturated rings. The van der Waals surface area contributed by atoms with Crippen molar-refractivity contribution in [2.75, 3.05) is 12.3 Å². The SMILES string of the molecule is C=CCNC(=O)CSc1ncnc2scc(-c3ccc(F)cc3)c12. The number of thiophene rings is 1. The van der Waals surface area contributed by atoms with Gasteiger partial charge in [-0.1, -0.05) is 30.0 Å². The van der Waals surface area contributed by atoms with E-state index in [0.29, 0.717) is 6.54 Å². The van der Waals surface area contributed by atoms with Crippen molar-refractivity contribution in [3.63, 3.8) is 0 Å². The number of fused-ring (bicyclic) bond motifs is 1. The van der Waals surface area contributed by atoms with Gasteiger partial charge in [-0.15, -0.1) is 17.9 Å². The lowest BCUT2D eigenvalue weighted by atomic mass is 10.1. The maximum absolute atomic E-state index is 13.2. The van der Waals surface area contributed by atoms with Gasteiger partial charge >= 0.3 is 0 Å². The molecule has 2 aromatic heterocycles. The van der Waals surface area contributed by atoms with Gasteiger partial charge in [0.15, 0.2) is 0 Å². The monoisotopic (exact) mass is 359 g/mol. The van der Waals surface area contributed by atoms with Gasteiger partial charge in [-0.3, -0.25) is 4.79 Å². The van der Waals surface area contributed by atoms with Crippen LogP contribution in [0.15, 0.2) is 53.7 Å². The zero-order valence-corrected chi connectivity index (χ0v) is 14.3. The zero-order valence-electron chi connectivity index (χ0n) is 12.7. The molecule has 1 amide bonds. The number of hydrogen-bond acceptors (Lipinski definition) is 5. The molecule has 24 heavy (non-hydrogen) atoms. The van der Waals surface area contributed by atoms with Crippen LogP contribution < -0.4 is 5.32 Å². The Kier molecular flexibility index (Phi) is 5.22. The summed E-state index contributed by atoms with van der Waals surface area (Å²) in [6.07, 6.45) is 3.13. The number of halogens is 1. The van der Waals surface area contributed by atoms with E-state index in [-0.39, 0.29) is 17.5 Å². The highest BCUT2D eigenvalue weighted by molar-refractivity contribution is 8.00. The molecule has 3 aromatic rings. The van der Waals surface area contributed by atoms with Crippen molar-refractivity contribution in [1.29, 1.82) is 0 Å². The molecule has 7 heteroatoms. The van der Waals surface area contributed by atoms with Crippen LogP contribution in [0.1, 0.15) is 0 Å². The third kappa shape index (κ3) is 3.63. The van der Waals surface area contributed by atoms with Gasteiger partial charge in [-0.05, 0) is 17.7 Å². The minimum atomic E-state index is -0.275. The first kappa shape index (κ1) is 16.6. The smallest absolute Gasteiger partial charge is 0.230 e. The van der Waals surface area contributed by atoms with Crippen molar-refractivity contribution in [2.24, 2.45) is 0 Å². The van der Waals surface area contributed by atoms with Crippen molar-refractivity contribution in [3.05, 3.63) is 54.4 Å². The molecule has 0 bridgehead atoms. The fourth-order valence-electron chi connectivity index (χ4n) is 2.17. The number of amides is 1. The second-order valence-corrected chi connectivity index (χ2v) is 6.72. The molecule has 4 nitrogen and oxygen atoms in total. The van der Waals surface area contributed by atoms with Crippen LogP contribution >= 0.6 is 23.1 Å². The second kappa shape index (κ2) is 7.55. The van der Waals surface area contributed by atoms with Gasteiger partial charge in [0.2, 0.25) is 5.91 Å². The van der Waals surface area contributed by atoms with Crippen LogP contribution in [-0.2, 0) is 4.79 Å². The molecule has 0 aliphatic carbocycles. The van der Waals surface area contributed by atoms with Gasteiger partial charge in [0.25, 0.3) is 0 Å². The topological polar surface area (TPSA) is 54.9 Å². The summed E-state index contributed by atoms with van der Waals surface area (Å²) < 4.78 is 13.2. The van der Waals surface area contributed by atoms with Crippen LogP contribution in [0.2, 0.25) is 0 Å². The van der Waals surface area contributed by atoms with Gasteiger partial charge in [0.05, 0.1) is 11.1 Å². The van der Waals surface area contributed by atoms with E-state index in [1.54, 1.807) is 18.2 Å². The van der Waals surface area contributed by atoms with Gasteiger partial charge in [-0.25, -0.2) is 14.4 Å². The Morgan fingerprint density at radius 2 is 2.12 bits per heavy atom. The number of thioether (sulfide) groups is 1. The van der Waals surface area contributed by atoms with Crippen molar-refractivity contribution in [1.82, 2.24) is 15.3 Å². The van der Waals surface area contributed by atoms with Crippen LogP contribution in [0.25, 0.3) is 21.3 Å². The molecule has 0 saturated carbocycles. The Hall–Kier alpha value is -2.25. The summed E-state index contributed by atoms with van der Waals surface area (Å²) in [5.41, 5.74) is 1.85. The Labute approximate surface area is 146 Å². The van der Waals surface area contributed by atoms with Crippen LogP contribution in [0.3, 0.4) is 0 Å². The van der Waals surface area contributed by atoms with Gasteiger partial charge in [0.1, 0.15) is 22.0 Å². The third-order valence-electron chi connectivity index (χ3n) is 3.27. The third-order valence-corrected chi connectivity index (χ3v) is 5.15. The molecule has 1 N–H and O–H groups in total. The molecule has 122 valence electrons. The first-order valence-corrected chi connectivity index (χ1v) is 9.04. The first-order valence-electron chi connectivity index (χ1n) is 7.17. The first-order chi connectivity index (χ1) is 11.7. The van der Waals surface area contributed by atoms with E-state index in [1.165, 1.54) is 41.6 Å². The Bertz CT molecular complexity index is 877. The molecule has 0 aliphatic rings. The second-order valence-electron chi connectivity index (χ2n) is 4.90. The predicted molar refractivity (Wildman–Crippen MR) is 96.7 cm³/mol. The zero-order chi connectivity index (χ0) is 16.9. The molecular formula is C17H14FN3OS2. The lowest BCUT2D eigenvalue weighted by Gasteiger charge is -2.05. The molecule has 0 saturated heterocycles. The molecule has 3 rings (SSSR count). The Balaban J connectivity index is 1.91. The highest BCUT2D eigenvalue weighted by atomic mass is 32.2. The summed E-state index contributed by atoms with van der Waals surface area (Å²) >= 11 is 2.86. The largest absolute Gasteiger partial charge is 0.352 e. The average Bonchev–Trinajstić information content (AvgIpc) is 3.03. The molecular weight excluding hydrogens is 345 g/mol. The average molecular weight is 359 g/mol. The summed E-state index contributed by atoms with van der Waals surface area (Å²) in [6.45, 7) is 4.01.